The highest BCUT2D eigenvalue weighted by Crippen LogP contribution is 2.24. The standard InChI is InChI=1S/C16H30N2O/c1-14(2)15-7-12-18(13-8-15)16(19)6-5-11-17-9-3-4-10-17/h14-15H,3-13H2,1-2H3. The van der Waals surface area contributed by atoms with Crippen molar-refractivity contribution in [2.45, 2.75) is 52.4 Å². The summed E-state index contributed by atoms with van der Waals surface area (Å²) in [6.45, 7) is 10.2. The minimum Gasteiger partial charge on any atom is -0.343 e. The molecule has 0 bridgehead atoms. The molecule has 0 aromatic carbocycles. The third-order valence-electron chi connectivity index (χ3n) is 4.90. The molecule has 2 heterocycles. The topological polar surface area (TPSA) is 23.6 Å². The SMILES string of the molecule is CC(C)C1CCN(C(=O)CCCN2CCCC2)CC1. The van der Waals surface area contributed by atoms with Crippen molar-refractivity contribution < 1.29 is 4.79 Å². The molecular formula is C16H30N2O. The van der Waals surface area contributed by atoms with E-state index < -0.39 is 0 Å². The van der Waals surface area contributed by atoms with Gasteiger partial charge < -0.3 is 9.80 Å². The Bertz CT molecular complexity index is 276. The predicted octanol–water partition coefficient (Wildman–Crippen LogP) is 2.76. The zero-order chi connectivity index (χ0) is 13.7. The van der Waals surface area contributed by atoms with E-state index in [2.05, 4.69) is 23.6 Å². The number of hydrogen-bond donors (Lipinski definition) is 0. The second-order valence-electron chi connectivity index (χ2n) is 6.61. The van der Waals surface area contributed by atoms with Crippen molar-refractivity contribution in [3.05, 3.63) is 0 Å². The average Bonchev–Trinajstić information content (AvgIpc) is 2.92. The molecular weight excluding hydrogens is 236 g/mol. The van der Waals surface area contributed by atoms with E-state index in [0.29, 0.717) is 5.91 Å². The van der Waals surface area contributed by atoms with Crippen LogP contribution in [0.3, 0.4) is 0 Å². The molecule has 0 aliphatic carbocycles. The van der Waals surface area contributed by atoms with Crippen LogP contribution in [0.4, 0.5) is 0 Å². The molecule has 2 fully saturated rings. The van der Waals surface area contributed by atoms with Crippen LogP contribution in [0.5, 0.6) is 0 Å². The maximum absolute atomic E-state index is 12.2. The van der Waals surface area contributed by atoms with Gasteiger partial charge in [-0.2, -0.15) is 0 Å². The van der Waals surface area contributed by atoms with Crippen LogP contribution in [0.15, 0.2) is 0 Å². The molecule has 2 aliphatic rings. The van der Waals surface area contributed by atoms with Gasteiger partial charge in [-0.05, 0) is 63.6 Å². The first kappa shape index (κ1) is 14.8. The first-order valence-electron chi connectivity index (χ1n) is 8.17. The molecule has 0 unspecified atom stereocenters. The largest absolute Gasteiger partial charge is 0.343 e. The lowest BCUT2D eigenvalue weighted by Crippen LogP contribution is -2.39. The Labute approximate surface area is 118 Å². The van der Waals surface area contributed by atoms with E-state index in [1.165, 1.54) is 38.8 Å². The summed E-state index contributed by atoms with van der Waals surface area (Å²) in [7, 11) is 0. The minimum atomic E-state index is 0.390. The molecule has 0 aromatic rings. The summed E-state index contributed by atoms with van der Waals surface area (Å²) >= 11 is 0. The van der Waals surface area contributed by atoms with Crippen molar-refractivity contribution in [3.8, 4) is 0 Å². The number of amides is 1. The lowest BCUT2D eigenvalue weighted by atomic mass is 9.86. The molecule has 19 heavy (non-hydrogen) atoms. The molecule has 0 aromatic heterocycles. The summed E-state index contributed by atoms with van der Waals surface area (Å²) in [6, 6.07) is 0. The Hall–Kier alpha value is -0.570. The van der Waals surface area contributed by atoms with Gasteiger partial charge in [0.25, 0.3) is 0 Å². The summed E-state index contributed by atoms with van der Waals surface area (Å²) in [5.74, 6) is 1.99. The summed E-state index contributed by atoms with van der Waals surface area (Å²) in [6.07, 6.45) is 6.89. The molecule has 1 amide bonds. The minimum absolute atomic E-state index is 0.390. The number of likely N-dealkylation sites (tertiary alicyclic amines) is 2. The number of carbonyl (C=O) groups is 1. The van der Waals surface area contributed by atoms with Gasteiger partial charge in [0.1, 0.15) is 0 Å². The fourth-order valence-electron chi connectivity index (χ4n) is 3.43. The van der Waals surface area contributed by atoms with Crippen molar-refractivity contribution in [2.75, 3.05) is 32.7 Å². The molecule has 0 radical (unpaired) electrons. The van der Waals surface area contributed by atoms with Gasteiger partial charge in [0.15, 0.2) is 0 Å². The molecule has 0 spiro atoms. The molecule has 0 N–H and O–H groups in total. The summed E-state index contributed by atoms with van der Waals surface area (Å²) < 4.78 is 0. The highest BCUT2D eigenvalue weighted by molar-refractivity contribution is 5.76. The second kappa shape index (κ2) is 7.28. The average molecular weight is 266 g/mol. The fourth-order valence-corrected chi connectivity index (χ4v) is 3.43. The van der Waals surface area contributed by atoms with E-state index >= 15 is 0 Å². The first-order valence-corrected chi connectivity index (χ1v) is 8.17. The maximum Gasteiger partial charge on any atom is 0.222 e. The molecule has 110 valence electrons. The summed E-state index contributed by atoms with van der Waals surface area (Å²) in [5.41, 5.74) is 0. The number of carbonyl (C=O) groups excluding carboxylic acids is 1. The lowest BCUT2D eigenvalue weighted by molar-refractivity contribution is -0.132. The highest BCUT2D eigenvalue weighted by Gasteiger charge is 2.24. The first-order chi connectivity index (χ1) is 9.16. The Morgan fingerprint density at radius 3 is 2.32 bits per heavy atom. The summed E-state index contributed by atoms with van der Waals surface area (Å²) in [5, 5.41) is 0. The van der Waals surface area contributed by atoms with Crippen LogP contribution >= 0.6 is 0 Å². The molecule has 0 saturated carbocycles. The van der Waals surface area contributed by atoms with Gasteiger partial charge in [0.05, 0.1) is 0 Å². The van der Waals surface area contributed by atoms with E-state index in [1.54, 1.807) is 0 Å². The number of hydrogen-bond acceptors (Lipinski definition) is 2. The van der Waals surface area contributed by atoms with Crippen molar-refractivity contribution in [1.82, 2.24) is 9.80 Å². The van der Waals surface area contributed by atoms with Crippen LogP contribution in [0.2, 0.25) is 0 Å². The molecule has 3 nitrogen and oxygen atoms in total. The quantitative estimate of drug-likeness (QED) is 0.764. The van der Waals surface area contributed by atoms with Crippen LogP contribution in [0, 0.1) is 11.8 Å². The molecule has 3 heteroatoms. The Balaban J connectivity index is 1.61. The zero-order valence-corrected chi connectivity index (χ0v) is 12.7. The number of rotatable bonds is 5. The fraction of sp³-hybridized carbons (Fsp3) is 0.938. The van der Waals surface area contributed by atoms with E-state index in [-0.39, 0.29) is 0 Å². The van der Waals surface area contributed by atoms with E-state index in [0.717, 1.165) is 44.3 Å². The van der Waals surface area contributed by atoms with Gasteiger partial charge >= 0.3 is 0 Å². The van der Waals surface area contributed by atoms with Crippen molar-refractivity contribution in [1.29, 1.82) is 0 Å². The van der Waals surface area contributed by atoms with Crippen LogP contribution < -0.4 is 0 Å². The summed E-state index contributed by atoms with van der Waals surface area (Å²) in [4.78, 5) is 16.8. The van der Waals surface area contributed by atoms with Crippen LogP contribution in [0.25, 0.3) is 0 Å². The number of nitrogens with zero attached hydrogens (tertiary/aromatic N) is 2. The van der Waals surface area contributed by atoms with Crippen molar-refractivity contribution >= 4 is 5.91 Å². The smallest absolute Gasteiger partial charge is 0.222 e. The third kappa shape index (κ3) is 4.48. The van der Waals surface area contributed by atoms with E-state index in [1.807, 2.05) is 0 Å². The van der Waals surface area contributed by atoms with Crippen molar-refractivity contribution in [3.63, 3.8) is 0 Å². The molecule has 0 atom stereocenters. The van der Waals surface area contributed by atoms with E-state index in [4.69, 9.17) is 0 Å². The Morgan fingerprint density at radius 2 is 1.74 bits per heavy atom. The molecule has 2 saturated heterocycles. The Kier molecular flexibility index (Phi) is 5.68. The lowest BCUT2D eigenvalue weighted by Gasteiger charge is -2.34. The van der Waals surface area contributed by atoms with Gasteiger partial charge in [0, 0.05) is 19.5 Å². The number of piperidine rings is 1. The zero-order valence-electron chi connectivity index (χ0n) is 12.7. The van der Waals surface area contributed by atoms with Gasteiger partial charge in [-0.15, -0.1) is 0 Å². The van der Waals surface area contributed by atoms with Crippen LogP contribution in [0.1, 0.15) is 52.4 Å². The van der Waals surface area contributed by atoms with Crippen LogP contribution in [-0.2, 0) is 4.79 Å². The van der Waals surface area contributed by atoms with Crippen molar-refractivity contribution in [2.24, 2.45) is 11.8 Å². The maximum atomic E-state index is 12.2. The van der Waals surface area contributed by atoms with Gasteiger partial charge in [-0.25, -0.2) is 0 Å². The molecule has 2 rings (SSSR count). The van der Waals surface area contributed by atoms with Gasteiger partial charge in [-0.1, -0.05) is 13.8 Å². The van der Waals surface area contributed by atoms with E-state index in [9.17, 15) is 4.79 Å². The van der Waals surface area contributed by atoms with Gasteiger partial charge in [0.2, 0.25) is 5.91 Å². The highest BCUT2D eigenvalue weighted by atomic mass is 16.2. The monoisotopic (exact) mass is 266 g/mol. The Morgan fingerprint density at radius 1 is 1.11 bits per heavy atom. The molecule has 2 aliphatic heterocycles. The van der Waals surface area contributed by atoms with Crippen LogP contribution in [-0.4, -0.2) is 48.4 Å². The second-order valence-corrected chi connectivity index (χ2v) is 6.61. The predicted molar refractivity (Wildman–Crippen MR) is 79.1 cm³/mol. The third-order valence-corrected chi connectivity index (χ3v) is 4.90. The van der Waals surface area contributed by atoms with Gasteiger partial charge in [-0.3, -0.25) is 4.79 Å². The normalized spacial score (nSPS) is 22.4.